The van der Waals surface area contributed by atoms with Gasteiger partial charge >= 0.3 is 0 Å². The van der Waals surface area contributed by atoms with Gasteiger partial charge in [-0.1, -0.05) is 20.8 Å². The molecule has 2 aromatic carbocycles. The van der Waals surface area contributed by atoms with E-state index in [0.717, 1.165) is 18.8 Å². The highest BCUT2D eigenvalue weighted by atomic mass is 16.5. The van der Waals surface area contributed by atoms with Crippen molar-refractivity contribution >= 4 is 23.2 Å². The van der Waals surface area contributed by atoms with Gasteiger partial charge in [0.2, 0.25) is 11.7 Å². The minimum atomic E-state index is -0.363. The van der Waals surface area contributed by atoms with Gasteiger partial charge in [-0.15, -0.1) is 0 Å². The maximum Gasteiger partial charge on any atom is 0.255 e. The summed E-state index contributed by atoms with van der Waals surface area (Å²) in [5, 5.41) is 2.95. The largest absolute Gasteiger partial charge is 0.490 e. The maximum absolute atomic E-state index is 13.1. The molecular formula is C28H39N3O5. The Balaban J connectivity index is 1.68. The van der Waals surface area contributed by atoms with Gasteiger partial charge in [-0.3, -0.25) is 9.59 Å². The summed E-state index contributed by atoms with van der Waals surface area (Å²) in [5.41, 5.74) is 1.82. The second-order valence-electron chi connectivity index (χ2n) is 9.63. The highest BCUT2D eigenvalue weighted by Crippen LogP contribution is 2.39. The Morgan fingerprint density at radius 2 is 1.36 bits per heavy atom. The zero-order chi connectivity index (χ0) is 26.3. The molecule has 0 unspecified atom stereocenters. The van der Waals surface area contributed by atoms with Crippen molar-refractivity contribution < 1.29 is 23.8 Å². The SMILES string of the molecule is CCOc1cc(C(=O)Nc2ccc(N3CCN(C(=O)C(C)(C)C)CC3)cc2)cc(OCC)c1OCC. The van der Waals surface area contributed by atoms with Crippen LogP contribution in [0.3, 0.4) is 0 Å². The van der Waals surface area contributed by atoms with Gasteiger partial charge in [-0.05, 0) is 57.2 Å². The highest BCUT2D eigenvalue weighted by Gasteiger charge is 2.29. The first-order valence-corrected chi connectivity index (χ1v) is 12.7. The number of carbonyl (C=O) groups is 2. The van der Waals surface area contributed by atoms with E-state index in [0.29, 0.717) is 61.4 Å². The number of piperazine rings is 1. The van der Waals surface area contributed by atoms with Crippen LogP contribution in [0.4, 0.5) is 11.4 Å². The first-order valence-electron chi connectivity index (χ1n) is 12.7. The molecule has 0 atom stereocenters. The van der Waals surface area contributed by atoms with E-state index in [4.69, 9.17) is 14.2 Å². The Morgan fingerprint density at radius 3 is 1.83 bits per heavy atom. The molecule has 1 aliphatic heterocycles. The summed E-state index contributed by atoms with van der Waals surface area (Å²) in [5.74, 6) is 1.40. The average Bonchev–Trinajstić information content (AvgIpc) is 2.85. The van der Waals surface area contributed by atoms with Gasteiger partial charge in [-0.25, -0.2) is 0 Å². The molecule has 0 aromatic heterocycles. The van der Waals surface area contributed by atoms with Crippen LogP contribution in [0, 0.1) is 5.41 Å². The molecule has 1 saturated heterocycles. The van der Waals surface area contributed by atoms with Crippen molar-refractivity contribution in [3.8, 4) is 17.2 Å². The summed E-state index contributed by atoms with van der Waals surface area (Å²) in [6.45, 7) is 15.8. The van der Waals surface area contributed by atoms with E-state index in [2.05, 4.69) is 10.2 Å². The summed E-state index contributed by atoms with van der Waals surface area (Å²) >= 11 is 0. The van der Waals surface area contributed by atoms with Crippen LogP contribution < -0.4 is 24.4 Å². The van der Waals surface area contributed by atoms with Gasteiger partial charge in [0.25, 0.3) is 5.91 Å². The second kappa shape index (κ2) is 12.0. The van der Waals surface area contributed by atoms with Crippen LogP contribution >= 0.6 is 0 Å². The summed E-state index contributed by atoms with van der Waals surface area (Å²) in [6.07, 6.45) is 0. The molecule has 36 heavy (non-hydrogen) atoms. The maximum atomic E-state index is 13.1. The highest BCUT2D eigenvalue weighted by molar-refractivity contribution is 6.05. The predicted molar refractivity (Wildman–Crippen MR) is 143 cm³/mol. The summed E-state index contributed by atoms with van der Waals surface area (Å²) in [7, 11) is 0. The number of benzene rings is 2. The monoisotopic (exact) mass is 497 g/mol. The Labute approximate surface area is 214 Å². The Kier molecular flexibility index (Phi) is 9.07. The summed E-state index contributed by atoms with van der Waals surface area (Å²) < 4.78 is 17.2. The van der Waals surface area contributed by atoms with Gasteiger partial charge in [-0.2, -0.15) is 0 Å². The molecular weight excluding hydrogens is 458 g/mol. The van der Waals surface area contributed by atoms with Crippen LogP contribution in [0.25, 0.3) is 0 Å². The van der Waals surface area contributed by atoms with Gasteiger partial charge in [0.1, 0.15) is 0 Å². The molecule has 0 aliphatic carbocycles. The van der Waals surface area contributed by atoms with Crippen LogP contribution in [-0.2, 0) is 4.79 Å². The molecule has 0 bridgehead atoms. The molecule has 2 aromatic rings. The lowest BCUT2D eigenvalue weighted by Gasteiger charge is -2.38. The van der Waals surface area contributed by atoms with E-state index < -0.39 is 0 Å². The van der Waals surface area contributed by atoms with Crippen LogP contribution in [0.5, 0.6) is 17.2 Å². The number of carbonyl (C=O) groups excluding carboxylic acids is 2. The lowest BCUT2D eigenvalue weighted by Crippen LogP contribution is -2.51. The topological polar surface area (TPSA) is 80.3 Å². The smallest absolute Gasteiger partial charge is 0.255 e. The van der Waals surface area contributed by atoms with Gasteiger partial charge in [0, 0.05) is 48.5 Å². The van der Waals surface area contributed by atoms with Crippen molar-refractivity contribution in [1.29, 1.82) is 0 Å². The number of rotatable bonds is 9. The van der Waals surface area contributed by atoms with Crippen molar-refractivity contribution in [3.63, 3.8) is 0 Å². The molecule has 1 N–H and O–H groups in total. The molecule has 3 rings (SSSR count). The Hall–Kier alpha value is -3.42. The predicted octanol–water partition coefficient (Wildman–Crippen LogP) is 4.83. The molecule has 2 amide bonds. The molecule has 196 valence electrons. The van der Waals surface area contributed by atoms with Crippen molar-refractivity contribution in [2.75, 3.05) is 56.2 Å². The fourth-order valence-electron chi connectivity index (χ4n) is 4.12. The third-order valence-electron chi connectivity index (χ3n) is 5.87. The molecule has 0 saturated carbocycles. The Bertz CT molecular complexity index is 1010. The number of ether oxygens (including phenoxy) is 3. The Morgan fingerprint density at radius 1 is 0.833 bits per heavy atom. The first kappa shape index (κ1) is 27.2. The second-order valence-corrected chi connectivity index (χ2v) is 9.63. The molecule has 8 nitrogen and oxygen atoms in total. The third-order valence-corrected chi connectivity index (χ3v) is 5.87. The van der Waals surface area contributed by atoms with Crippen LogP contribution in [0.15, 0.2) is 36.4 Å². The average molecular weight is 498 g/mol. The zero-order valence-electron chi connectivity index (χ0n) is 22.3. The van der Waals surface area contributed by atoms with Crippen LogP contribution in [0.1, 0.15) is 51.9 Å². The fourth-order valence-corrected chi connectivity index (χ4v) is 4.12. The normalized spacial score (nSPS) is 13.8. The standard InChI is InChI=1S/C28H39N3O5/c1-7-34-23-18-20(19-24(35-8-2)25(23)36-9-3)26(32)29-21-10-12-22(13-11-21)30-14-16-31(17-15-30)27(33)28(4,5)6/h10-13,18-19H,7-9,14-17H2,1-6H3,(H,29,32). The summed E-state index contributed by atoms with van der Waals surface area (Å²) in [6, 6.07) is 11.1. The number of anilines is 2. The van der Waals surface area contributed by atoms with Crippen molar-refractivity contribution in [2.45, 2.75) is 41.5 Å². The van der Waals surface area contributed by atoms with Gasteiger partial charge < -0.3 is 29.3 Å². The number of hydrogen-bond donors (Lipinski definition) is 1. The lowest BCUT2D eigenvalue weighted by atomic mass is 9.94. The fraction of sp³-hybridized carbons (Fsp3) is 0.500. The number of amides is 2. The molecule has 1 heterocycles. The number of hydrogen-bond acceptors (Lipinski definition) is 6. The van der Waals surface area contributed by atoms with Gasteiger partial charge in [0.15, 0.2) is 11.5 Å². The van der Waals surface area contributed by atoms with Crippen molar-refractivity contribution in [2.24, 2.45) is 5.41 Å². The minimum absolute atomic E-state index is 0.189. The number of nitrogens with one attached hydrogen (secondary N) is 1. The molecule has 0 radical (unpaired) electrons. The van der Waals surface area contributed by atoms with E-state index in [-0.39, 0.29) is 17.2 Å². The van der Waals surface area contributed by atoms with Crippen LogP contribution in [0.2, 0.25) is 0 Å². The van der Waals surface area contributed by atoms with Crippen LogP contribution in [-0.4, -0.2) is 62.7 Å². The van der Waals surface area contributed by atoms with E-state index in [1.807, 2.05) is 70.7 Å². The quantitative estimate of drug-likeness (QED) is 0.535. The summed E-state index contributed by atoms with van der Waals surface area (Å²) in [4.78, 5) is 29.8. The van der Waals surface area contributed by atoms with Gasteiger partial charge in [0.05, 0.1) is 19.8 Å². The minimum Gasteiger partial charge on any atom is -0.490 e. The third kappa shape index (κ3) is 6.62. The van der Waals surface area contributed by atoms with E-state index in [9.17, 15) is 9.59 Å². The number of nitrogens with zero attached hydrogens (tertiary/aromatic N) is 2. The molecule has 1 fully saturated rings. The van der Waals surface area contributed by atoms with E-state index in [1.54, 1.807) is 12.1 Å². The lowest BCUT2D eigenvalue weighted by molar-refractivity contribution is -0.139. The van der Waals surface area contributed by atoms with Crippen molar-refractivity contribution in [3.05, 3.63) is 42.0 Å². The van der Waals surface area contributed by atoms with E-state index in [1.165, 1.54) is 0 Å². The molecule has 0 spiro atoms. The van der Waals surface area contributed by atoms with E-state index >= 15 is 0 Å². The molecule has 8 heteroatoms. The zero-order valence-corrected chi connectivity index (χ0v) is 22.3. The molecule has 1 aliphatic rings. The van der Waals surface area contributed by atoms with Crippen molar-refractivity contribution in [1.82, 2.24) is 4.90 Å². The first-order chi connectivity index (χ1) is 17.2.